The summed E-state index contributed by atoms with van der Waals surface area (Å²) in [6.07, 6.45) is -7.38. The number of hydrogen-bond acceptors (Lipinski definition) is 6. The third-order valence-corrected chi connectivity index (χ3v) is 7.23. The van der Waals surface area contributed by atoms with Gasteiger partial charge in [0.05, 0.1) is 24.5 Å². The van der Waals surface area contributed by atoms with Crippen molar-refractivity contribution < 1.29 is 44.2 Å². The number of rotatable bonds is 8. The second kappa shape index (κ2) is 10.2. The number of nitrogens with zero attached hydrogens (tertiary/aromatic N) is 2. The Labute approximate surface area is 214 Å². The standard InChI is InChI=1S/C24H23F6N3O4S/c1-2-33-21(37-19-8-6-17(7-9-19)24(28,29)30)11-10-20(31-33)16-4-3-5-18(12-16)22(13-36-14-22)32-38(34,35)15-23(25,26)27/h3-9,11-12,32H,2,10,13-15H2,1H3. The van der Waals surface area contributed by atoms with Crippen molar-refractivity contribution in [3.05, 3.63) is 77.2 Å². The van der Waals surface area contributed by atoms with Crippen molar-refractivity contribution >= 4 is 15.7 Å². The summed E-state index contributed by atoms with van der Waals surface area (Å²) in [7, 11) is -4.69. The van der Waals surface area contributed by atoms with Crippen LogP contribution in [-0.4, -0.2) is 50.8 Å². The lowest BCUT2D eigenvalue weighted by molar-refractivity contribution is -0.137. The molecule has 0 aromatic heterocycles. The molecule has 38 heavy (non-hydrogen) atoms. The van der Waals surface area contributed by atoms with Crippen LogP contribution in [0.1, 0.15) is 30.0 Å². The molecule has 2 aromatic rings. The predicted octanol–water partition coefficient (Wildman–Crippen LogP) is 4.76. The van der Waals surface area contributed by atoms with Crippen molar-refractivity contribution in [3.8, 4) is 5.75 Å². The van der Waals surface area contributed by atoms with E-state index in [-0.39, 0.29) is 25.4 Å². The van der Waals surface area contributed by atoms with E-state index in [2.05, 4.69) is 9.82 Å². The second-order valence-electron chi connectivity index (χ2n) is 8.77. The van der Waals surface area contributed by atoms with Crippen molar-refractivity contribution in [2.24, 2.45) is 5.10 Å². The van der Waals surface area contributed by atoms with Gasteiger partial charge in [-0.05, 0) is 54.5 Å². The topological polar surface area (TPSA) is 80.2 Å². The SMILES string of the molecule is CCN1N=C(c2cccc(C3(NS(=O)(=O)CC(F)(F)F)COC3)c2)CC=C1Oc1ccc(C(F)(F)F)cc1. The number of alkyl halides is 6. The fourth-order valence-electron chi connectivity index (χ4n) is 3.99. The molecule has 14 heteroatoms. The molecule has 2 heterocycles. The molecule has 4 rings (SSSR count). The number of benzene rings is 2. The molecule has 0 amide bonds. The number of ether oxygens (including phenoxy) is 2. The largest absolute Gasteiger partial charge is 0.440 e. The van der Waals surface area contributed by atoms with E-state index >= 15 is 0 Å². The number of hydrogen-bond donors (Lipinski definition) is 1. The molecule has 0 radical (unpaired) electrons. The molecule has 0 spiro atoms. The van der Waals surface area contributed by atoms with Gasteiger partial charge in [0.25, 0.3) is 0 Å². The second-order valence-corrected chi connectivity index (χ2v) is 10.5. The first kappa shape index (κ1) is 27.9. The zero-order chi connectivity index (χ0) is 27.8. The molecule has 1 fully saturated rings. The lowest BCUT2D eigenvalue weighted by Gasteiger charge is -2.42. The molecule has 0 unspecified atom stereocenters. The van der Waals surface area contributed by atoms with Gasteiger partial charge in [0.2, 0.25) is 15.9 Å². The van der Waals surface area contributed by atoms with Crippen LogP contribution in [0, 0.1) is 0 Å². The Morgan fingerprint density at radius 2 is 1.76 bits per heavy atom. The van der Waals surface area contributed by atoms with Gasteiger partial charge in [0, 0.05) is 13.0 Å². The Bertz CT molecular complexity index is 1330. The number of sulfonamides is 1. The summed E-state index contributed by atoms with van der Waals surface area (Å²) in [6.45, 7) is 1.89. The quantitative estimate of drug-likeness (QED) is 0.469. The summed E-state index contributed by atoms with van der Waals surface area (Å²) in [6, 6.07) is 10.8. The molecule has 0 saturated carbocycles. The third kappa shape index (κ3) is 6.48. The van der Waals surface area contributed by atoms with E-state index in [1.54, 1.807) is 37.3 Å². The zero-order valence-corrected chi connectivity index (χ0v) is 20.8. The number of nitrogens with one attached hydrogen (secondary N) is 1. The van der Waals surface area contributed by atoms with Crippen LogP contribution < -0.4 is 9.46 Å². The summed E-state index contributed by atoms with van der Waals surface area (Å²) in [5.41, 5.74) is -0.542. The Balaban J connectivity index is 1.52. The first-order valence-corrected chi connectivity index (χ1v) is 13.0. The smallest absolute Gasteiger partial charge is 0.416 e. The molecule has 1 saturated heterocycles. The highest BCUT2D eigenvalue weighted by atomic mass is 32.2. The van der Waals surface area contributed by atoms with Crippen LogP contribution in [-0.2, 0) is 26.5 Å². The van der Waals surface area contributed by atoms with Gasteiger partial charge >= 0.3 is 12.4 Å². The summed E-state index contributed by atoms with van der Waals surface area (Å²) in [5.74, 6) is -1.50. The normalized spacial score (nSPS) is 17.9. The van der Waals surface area contributed by atoms with Crippen LogP contribution in [0.4, 0.5) is 26.3 Å². The van der Waals surface area contributed by atoms with Crippen molar-refractivity contribution in [3.63, 3.8) is 0 Å². The fraction of sp³-hybridized carbons (Fsp3) is 0.375. The molecule has 2 aromatic carbocycles. The van der Waals surface area contributed by atoms with E-state index in [1.165, 1.54) is 17.1 Å². The highest BCUT2D eigenvalue weighted by molar-refractivity contribution is 7.89. The van der Waals surface area contributed by atoms with Crippen LogP contribution in [0.3, 0.4) is 0 Å². The summed E-state index contributed by atoms with van der Waals surface area (Å²) >= 11 is 0. The Hall–Kier alpha value is -3.10. The molecule has 0 bridgehead atoms. The summed E-state index contributed by atoms with van der Waals surface area (Å²) < 4.78 is 114. The van der Waals surface area contributed by atoms with E-state index in [9.17, 15) is 34.8 Å². The molecule has 7 nitrogen and oxygen atoms in total. The molecule has 0 aliphatic carbocycles. The number of allylic oxidation sites excluding steroid dienone is 1. The van der Waals surface area contributed by atoms with E-state index in [1.807, 2.05) is 0 Å². The minimum atomic E-state index is -4.90. The van der Waals surface area contributed by atoms with Crippen molar-refractivity contribution in [2.75, 3.05) is 25.5 Å². The molecule has 2 aliphatic heterocycles. The summed E-state index contributed by atoms with van der Waals surface area (Å²) in [5, 5.41) is 6.06. The minimum Gasteiger partial charge on any atom is -0.440 e. The third-order valence-electron chi connectivity index (χ3n) is 5.82. The van der Waals surface area contributed by atoms with Gasteiger partial charge in [-0.25, -0.2) is 13.4 Å². The number of halogens is 6. The Kier molecular flexibility index (Phi) is 7.51. The van der Waals surface area contributed by atoms with Gasteiger partial charge in [-0.3, -0.25) is 0 Å². The zero-order valence-electron chi connectivity index (χ0n) is 19.9. The fourth-order valence-corrected chi connectivity index (χ4v) is 5.32. The predicted molar refractivity (Wildman–Crippen MR) is 126 cm³/mol. The maximum atomic E-state index is 12.8. The van der Waals surface area contributed by atoms with E-state index in [0.29, 0.717) is 29.3 Å². The van der Waals surface area contributed by atoms with Gasteiger partial charge < -0.3 is 9.47 Å². The highest BCUT2D eigenvalue weighted by Gasteiger charge is 2.46. The van der Waals surface area contributed by atoms with E-state index in [4.69, 9.17) is 9.47 Å². The lowest BCUT2D eigenvalue weighted by Crippen LogP contribution is -2.60. The van der Waals surface area contributed by atoms with Gasteiger partial charge in [0.1, 0.15) is 11.3 Å². The van der Waals surface area contributed by atoms with Gasteiger partial charge in [-0.2, -0.15) is 36.2 Å². The minimum absolute atomic E-state index is 0.133. The van der Waals surface area contributed by atoms with Gasteiger partial charge in [-0.1, -0.05) is 18.2 Å². The average Bonchev–Trinajstić information content (AvgIpc) is 2.80. The average molecular weight is 564 g/mol. The van der Waals surface area contributed by atoms with E-state index in [0.717, 1.165) is 12.1 Å². The van der Waals surface area contributed by atoms with Gasteiger partial charge in [0.15, 0.2) is 5.75 Å². The maximum Gasteiger partial charge on any atom is 0.416 e. The van der Waals surface area contributed by atoms with Crippen LogP contribution in [0.15, 0.2) is 65.6 Å². The van der Waals surface area contributed by atoms with Crippen molar-refractivity contribution in [1.82, 2.24) is 9.73 Å². The first-order chi connectivity index (χ1) is 17.7. The Morgan fingerprint density at radius 1 is 1.08 bits per heavy atom. The van der Waals surface area contributed by atoms with Crippen LogP contribution in [0.2, 0.25) is 0 Å². The van der Waals surface area contributed by atoms with Crippen LogP contribution in [0.5, 0.6) is 5.75 Å². The highest BCUT2D eigenvalue weighted by Crippen LogP contribution is 2.34. The van der Waals surface area contributed by atoms with Crippen molar-refractivity contribution in [2.45, 2.75) is 31.2 Å². The number of hydrazone groups is 1. The first-order valence-electron chi connectivity index (χ1n) is 11.4. The molecule has 1 N–H and O–H groups in total. The van der Waals surface area contributed by atoms with Crippen molar-refractivity contribution in [1.29, 1.82) is 0 Å². The van der Waals surface area contributed by atoms with Gasteiger partial charge in [-0.15, -0.1) is 0 Å². The molecular weight excluding hydrogens is 540 g/mol. The maximum absolute atomic E-state index is 12.8. The van der Waals surface area contributed by atoms with Crippen LogP contribution in [0.25, 0.3) is 0 Å². The molecule has 206 valence electrons. The molecule has 0 atom stereocenters. The van der Waals surface area contributed by atoms with E-state index < -0.39 is 39.2 Å². The monoisotopic (exact) mass is 563 g/mol. The lowest BCUT2D eigenvalue weighted by atomic mass is 9.87. The summed E-state index contributed by atoms with van der Waals surface area (Å²) in [4.78, 5) is 0. The Morgan fingerprint density at radius 3 is 2.32 bits per heavy atom. The molecular formula is C24H23F6N3O4S. The molecule has 2 aliphatic rings. The van der Waals surface area contributed by atoms with Crippen LogP contribution >= 0.6 is 0 Å².